The number of aromatic nitrogens is 3. The van der Waals surface area contributed by atoms with Crippen LogP contribution in [-0.4, -0.2) is 34.1 Å². The average molecular weight is 345 g/mol. The van der Waals surface area contributed by atoms with Crippen molar-refractivity contribution in [2.75, 3.05) is 18.0 Å². The maximum absolute atomic E-state index is 11.9. The Labute approximate surface area is 145 Å². The van der Waals surface area contributed by atoms with Crippen molar-refractivity contribution in [3.8, 4) is 0 Å². The zero-order valence-electron chi connectivity index (χ0n) is 13.7. The Bertz CT molecular complexity index is 738. The van der Waals surface area contributed by atoms with Crippen LogP contribution in [0.3, 0.4) is 0 Å². The monoisotopic (exact) mass is 345 g/mol. The molecule has 2 aromatic rings. The molecule has 2 aliphatic rings. The van der Waals surface area contributed by atoms with Crippen LogP contribution in [0.2, 0.25) is 0 Å². The molecule has 2 N–H and O–H groups in total. The first-order chi connectivity index (χ1) is 11.8. The number of anilines is 1. The van der Waals surface area contributed by atoms with Gasteiger partial charge >= 0.3 is 0 Å². The van der Waals surface area contributed by atoms with Gasteiger partial charge in [-0.25, -0.2) is 9.97 Å². The van der Waals surface area contributed by atoms with Crippen molar-refractivity contribution in [2.45, 2.75) is 50.6 Å². The minimum Gasteiger partial charge on any atom is -0.350 e. The minimum absolute atomic E-state index is 0.106. The molecule has 0 spiro atoms. The van der Waals surface area contributed by atoms with Gasteiger partial charge in [0.2, 0.25) is 0 Å². The summed E-state index contributed by atoms with van der Waals surface area (Å²) >= 11 is 1.85. The smallest absolute Gasteiger partial charge is 0.290 e. The fourth-order valence-electron chi connectivity index (χ4n) is 3.40. The first kappa shape index (κ1) is 15.8. The van der Waals surface area contributed by atoms with Gasteiger partial charge in [0.05, 0.1) is 5.01 Å². The van der Waals surface area contributed by atoms with E-state index in [4.69, 9.17) is 0 Å². The van der Waals surface area contributed by atoms with Gasteiger partial charge in [0.15, 0.2) is 5.82 Å². The molecule has 1 aliphatic carbocycles. The summed E-state index contributed by atoms with van der Waals surface area (Å²) in [6, 6.07) is 0.384. The molecule has 0 radical (unpaired) electrons. The summed E-state index contributed by atoms with van der Waals surface area (Å²) in [7, 11) is 0. The molecule has 0 bridgehead atoms. The molecule has 128 valence electrons. The van der Waals surface area contributed by atoms with E-state index in [1.54, 1.807) is 12.4 Å². The summed E-state index contributed by atoms with van der Waals surface area (Å²) in [5, 5.41) is 4.94. The standard InChI is InChI=1S/C17H23N5OS/c23-16-15(18-6-7-19-16)22-8-2-5-13(11-22)20-9-14-10-21-17(24-14)12-3-1-4-12/h6-7,10,12-13,20H,1-5,8-9,11H2,(H,19,23)/t13-/m1/s1. The minimum atomic E-state index is -0.106. The van der Waals surface area contributed by atoms with Gasteiger partial charge in [0.1, 0.15) is 0 Å². The lowest BCUT2D eigenvalue weighted by Gasteiger charge is -2.33. The Balaban J connectivity index is 1.34. The van der Waals surface area contributed by atoms with E-state index in [2.05, 4.69) is 25.2 Å². The lowest BCUT2D eigenvalue weighted by molar-refractivity contribution is 0.418. The summed E-state index contributed by atoms with van der Waals surface area (Å²) in [5.41, 5.74) is -0.106. The van der Waals surface area contributed by atoms with Crippen LogP contribution in [0.1, 0.15) is 47.9 Å². The van der Waals surface area contributed by atoms with Gasteiger partial charge in [-0.05, 0) is 25.7 Å². The third kappa shape index (κ3) is 3.37. The largest absolute Gasteiger partial charge is 0.350 e. The highest BCUT2D eigenvalue weighted by atomic mass is 32.1. The highest BCUT2D eigenvalue weighted by Crippen LogP contribution is 2.38. The van der Waals surface area contributed by atoms with Gasteiger partial charge in [-0.2, -0.15) is 0 Å². The predicted octanol–water partition coefficient (Wildman–Crippen LogP) is 2.25. The van der Waals surface area contributed by atoms with Crippen molar-refractivity contribution in [3.63, 3.8) is 0 Å². The van der Waals surface area contributed by atoms with E-state index in [0.717, 1.165) is 32.5 Å². The van der Waals surface area contributed by atoms with Crippen LogP contribution in [0.4, 0.5) is 5.82 Å². The second-order valence-corrected chi connectivity index (χ2v) is 7.85. The maximum Gasteiger partial charge on any atom is 0.290 e. The van der Waals surface area contributed by atoms with Crippen LogP contribution in [0, 0.1) is 0 Å². The van der Waals surface area contributed by atoms with Gasteiger partial charge in [-0.3, -0.25) is 4.79 Å². The predicted molar refractivity (Wildman–Crippen MR) is 95.6 cm³/mol. The van der Waals surface area contributed by atoms with Crippen LogP contribution in [0.15, 0.2) is 23.4 Å². The zero-order chi connectivity index (χ0) is 16.4. The molecule has 0 aromatic carbocycles. The fraction of sp³-hybridized carbons (Fsp3) is 0.588. The molecule has 0 amide bonds. The van der Waals surface area contributed by atoms with Crippen LogP contribution in [-0.2, 0) is 6.54 Å². The number of nitrogens with zero attached hydrogens (tertiary/aromatic N) is 3. The summed E-state index contributed by atoms with van der Waals surface area (Å²) in [4.78, 5) is 26.9. The second kappa shape index (κ2) is 7.03. The SMILES string of the molecule is O=c1[nH]ccnc1N1CCC[C@@H](NCc2cnc(C3CCC3)s2)C1. The van der Waals surface area contributed by atoms with E-state index in [0.29, 0.717) is 17.8 Å². The lowest BCUT2D eigenvalue weighted by Crippen LogP contribution is -2.47. The Morgan fingerprint density at radius 1 is 1.29 bits per heavy atom. The molecule has 1 saturated carbocycles. The number of nitrogens with one attached hydrogen (secondary N) is 2. The summed E-state index contributed by atoms with van der Waals surface area (Å²) in [6.45, 7) is 2.58. The molecule has 4 rings (SSSR count). The maximum atomic E-state index is 11.9. The third-order valence-corrected chi connectivity index (χ3v) is 6.16. The third-order valence-electron chi connectivity index (χ3n) is 5.00. The van der Waals surface area contributed by atoms with Gasteiger partial charge in [-0.15, -0.1) is 11.3 Å². The van der Waals surface area contributed by atoms with E-state index in [-0.39, 0.29) is 5.56 Å². The van der Waals surface area contributed by atoms with Gasteiger partial charge in [0.25, 0.3) is 5.56 Å². The molecule has 1 aliphatic heterocycles. The number of piperidine rings is 1. The van der Waals surface area contributed by atoms with Gasteiger partial charge in [-0.1, -0.05) is 6.42 Å². The van der Waals surface area contributed by atoms with Crippen molar-refractivity contribution in [1.29, 1.82) is 0 Å². The van der Waals surface area contributed by atoms with E-state index >= 15 is 0 Å². The zero-order valence-corrected chi connectivity index (χ0v) is 14.5. The van der Waals surface area contributed by atoms with Crippen LogP contribution in [0.5, 0.6) is 0 Å². The molecule has 24 heavy (non-hydrogen) atoms. The summed E-state index contributed by atoms with van der Waals surface area (Å²) in [5.74, 6) is 1.25. The van der Waals surface area contributed by atoms with Crippen LogP contribution < -0.4 is 15.8 Å². The number of hydrogen-bond acceptors (Lipinski definition) is 6. The number of aromatic amines is 1. The molecule has 2 aromatic heterocycles. The van der Waals surface area contributed by atoms with Gasteiger partial charge < -0.3 is 15.2 Å². The molecule has 3 heterocycles. The summed E-state index contributed by atoms with van der Waals surface area (Å²) in [6.07, 6.45) is 11.4. The molecular formula is C17H23N5OS. The average Bonchev–Trinajstić information content (AvgIpc) is 3.00. The first-order valence-corrected chi connectivity index (χ1v) is 9.58. The van der Waals surface area contributed by atoms with Gasteiger partial charge in [0, 0.05) is 55.1 Å². The van der Waals surface area contributed by atoms with E-state index in [9.17, 15) is 4.79 Å². The van der Waals surface area contributed by atoms with Crippen molar-refractivity contribution in [2.24, 2.45) is 0 Å². The summed E-state index contributed by atoms with van der Waals surface area (Å²) < 4.78 is 0. The van der Waals surface area contributed by atoms with Crippen molar-refractivity contribution in [1.82, 2.24) is 20.3 Å². The van der Waals surface area contributed by atoms with Crippen molar-refractivity contribution < 1.29 is 0 Å². The van der Waals surface area contributed by atoms with E-state index in [1.807, 2.05) is 17.5 Å². The van der Waals surface area contributed by atoms with Crippen molar-refractivity contribution >= 4 is 17.2 Å². The fourth-order valence-corrected chi connectivity index (χ4v) is 4.44. The second-order valence-electron chi connectivity index (χ2n) is 6.70. The molecule has 1 saturated heterocycles. The number of H-pyrrole nitrogens is 1. The first-order valence-electron chi connectivity index (χ1n) is 8.76. The molecule has 0 unspecified atom stereocenters. The molecule has 7 heteroatoms. The Morgan fingerprint density at radius 3 is 3.00 bits per heavy atom. The Kier molecular flexibility index (Phi) is 4.62. The van der Waals surface area contributed by atoms with E-state index in [1.165, 1.54) is 29.1 Å². The number of thiazole rings is 1. The Morgan fingerprint density at radius 2 is 2.21 bits per heavy atom. The Hall–Kier alpha value is -1.73. The quantitative estimate of drug-likeness (QED) is 0.869. The lowest BCUT2D eigenvalue weighted by atomic mass is 9.86. The molecular weight excluding hydrogens is 322 g/mol. The molecule has 1 atom stereocenters. The van der Waals surface area contributed by atoms with Crippen LogP contribution >= 0.6 is 11.3 Å². The normalized spacial score (nSPS) is 21.7. The molecule has 6 nitrogen and oxygen atoms in total. The molecule has 2 fully saturated rings. The number of hydrogen-bond donors (Lipinski definition) is 2. The van der Waals surface area contributed by atoms with E-state index < -0.39 is 0 Å². The van der Waals surface area contributed by atoms with Crippen molar-refractivity contribution in [3.05, 3.63) is 38.8 Å². The highest BCUT2D eigenvalue weighted by molar-refractivity contribution is 7.11. The van der Waals surface area contributed by atoms with Crippen LogP contribution in [0.25, 0.3) is 0 Å². The number of rotatable bonds is 5. The highest BCUT2D eigenvalue weighted by Gasteiger charge is 2.24. The topological polar surface area (TPSA) is 73.9 Å².